The summed E-state index contributed by atoms with van der Waals surface area (Å²) < 4.78 is 6.15. The topological polar surface area (TPSA) is 43.3 Å². The normalized spacial score (nSPS) is 26.7. The second kappa shape index (κ2) is 10.6. The highest BCUT2D eigenvalue weighted by molar-refractivity contribution is 5.80. The molecule has 6 heteroatoms. The molecule has 0 saturated carbocycles. The summed E-state index contributed by atoms with van der Waals surface area (Å²) in [5.41, 5.74) is 1.38. The third-order valence-electron chi connectivity index (χ3n) is 6.95. The summed E-state index contributed by atoms with van der Waals surface area (Å²) in [5.74, 6) is 1.80. The highest BCUT2D eigenvalue weighted by Crippen LogP contribution is 2.25. The standard InChI is InChI=1S/C24H39N5O/c1-3-11-27-12-9-20(10-13-27)16-26-24(25-2)29-18-22-23(19-29)30-15-14-28(22)17-21-7-5-4-6-8-21/h4-8,20,22-23H,3,9-19H2,1-2H3,(H,25,26). The second-order valence-electron chi connectivity index (χ2n) is 9.05. The summed E-state index contributed by atoms with van der Waals surface area (Å²) in [6.07, 6.45) is 4.13. The van der Waals surface area contributed by atoms with Crippen LogP contribution >= 0.6 is 0 Å². The van der Waals surface area contributed by atoms with Gasteiger partial charge in [0.1, 0.15) is 0 Å². The molecule has 0 amide bonds. The van der Waals surface area contributed by atoms with Crippen molar-refractivity contribution in [3.05, 3.63) is 35.9 Å². The van der Waals surface area contributed by atoms with Crippen LogP contribution in [0.15, 0.2) is 35.3 Å². The zero-order valence-corrected chi connectivity index (χ0v) is 18.8. The van der Waals surface area contributed by atoms with Crippen LogP contribution in [0.5, 0.6) is 0 Å². The molecule has 0 aromatic heterocycles. The number of likely N-dealkylation sites (tertiary alicyclic amines) is 2. The summed E-state index contributed by atoms with van der Waals surface area (Å²) in [7, 11) is 1.91. The van der Waals surface area contributed by atoms with Crippen LogP contribution in [0.2, 0.25) is 0 Å². The molecule has 4 rings (SSSR count). The number of guanidine groups is 1. The summed E-state index contributed by atoms with van der Waals surface area (Å²) in [6, 6.07) is 11.2. The van der Waals surface area contributed by atoms with E-state index < -0.39 is 0 Å². The Bertz CT molecular complexity index is 673. The Morgan fingerprint density at radius 3 is 2.67 bits per heavy atom. The van der Waals surface area contributed by atoms with E-state index in [1.54, 1.807) is 0 Å². The van der Waals surface area contributed by atoms with E-state index in [0.29, 0.717) is 6.04 Å². The SMILES string of the molecule is CCCN1CCC(CNC(=NC)N2CC3OCCN(Cc4ccccc4)C3C2)CC1. The van der Waals surface area contributed by atoms with Crippen LogP contribution in [0.1, 0.15) is 31.7 Å². The van der Waals surface area contributed by atoms with Crippen molar-refractivity contribution in [2.75, 3.05) is 59.5 Å². The predicted molar refractivity (Wildman–Crippen MR) is 123 cm³/mol. The summed E-state index contributed by atoms with van der Waals surface area (Å²) in [6.45, 7) is 11.8. The van der Waals surface area contributed by atoms with Crippen molar-refractivity contribution >= 4 is 5.96 Å². The van der Waals surface area contributed by atoms with Crippen molar-refractivity contribution in [1.82, 2.24) is 20.0 Å². The molecule has 30 heavy (non-hydrogen) atoms. The molecule has 0 bridgehead atoms. The Morgan fingerprint density at radius 1 is 1.13 bits per heavy atom. The molecule has 1 aromatic carbocycles. The maximum absolute atomic E-state index is 6.15. The molecule has 1 N–H and O–H groups in total. The molecule has 0 radical (unpaired) electrons. The monoisotopic (exact) mass is 413 g/mol. The number of morpholine rings is 1. The number of hydrogen-bond acceptors (Lipinski definition) is 4. The zero-order valence-electron chi connectivity index (χ0n) is 18.8. The van der Waals surface area contributed by atoms with Gasteiger partial charge < -0.3 is 19.9 Å². The fraction of sp³-hybridized carbons (Fsp3) is 0.708. The van der Waals surface area contributed by atoms with Crippen molar-refractivity contribution < 1.29 is 4.74 Å². The Labute approximate surface area is 182 Å². The molecular weight excluding hydrogens is 374 g/mol. The van der Waals surface area contributed by atoms with E-state index in [4.69, 9.17) is 4.74 Å². The number of aliphatic imine (C=N–C) groups is 1. The Morgan fingerprint density at radius 2 is 1.93 bits per heavy atom. The lowest BCUT2D eigenvalue weighted by atomic mass is 9.97. The van der Waals surface area contributed by atoms with E-state index in [1.807, 2.05) is 7.05 Å². The Hall–Kier alpha value is -1.63. The van der Waals surface area contributed by atoms with Crippen molar-refractivity contribution in [2.24, 2.45) is 10.9 Å². The van der Waals surface area contributed by atoms with Gasteiger partial charge in [0, 0.05) is 39.8 Å². The highest BCUT2D eigenvalue weighted by atomic mass is 16.5. The molecule has 3 saturated heterocycles. The van der Waals surface area contributed by atoms with Gasteiger partial charge in [-0.3, -0.25) is 9.89 Å². The fourth-order valence-electron chi connectivity index (χ4n) is 5.24. The number of benzene rings is 1. The maximum Gasteiger partial charge on any atom is 0.193 e. The lowest BCUT2D eigenvalue weighted by molar-refractivity contribution is -0.0502. The summed E-state index contributed by atoms with van der Waals surface area (Å²) >= 11 is 0. The molecule has 3 aliphatic rings. The van der Waals surface area contributed by atoms with E-state index in [1.165, 1.54) is 44.5 Å². The number of nitrogens with one attached hydrogen (secondary N) is 1. The Balaban J connectivity index is 1.28. The van der Waals surface area contributed by atoms with E-state index >= 15 is 0 Å². The van der Waals surface area contributed by atoms with Gasteiger partial charge in [-0.25, -0.2) is 0 Å². The van der Waals surface area contributed by atoms with Gasteiger partial charge in [0.05, 0.1) is 18.8 Å². The van der Waals surface area contributed by atoms with Gasteiger partial charge in [-0.1, -0.05) is 37.3 Å². The van der Waals surface area contributed by atoms with Gasteiger partial charge in [0.15, 0.2) is 5.96 Å². The number of fused-ring (bicyclic) bond motifs is 1. The van der Waals surface area contributed by atoms with Gasteiger partial charge in [0.2, 0.25) is 0 Å². The zero-order chi connectivity index (χ0) is 20.8. The van der Waals surface area contributed by atoms with Gasteiger partial charge >= 0.3 is 0 Å². The smallest absolute Gasteiger partial charge is 0.193 e. The molecule has 3 fully saturated rings. The van der Waals surface area contributed by atoms with Gasteiger partial charge in [-0.2, -0.15) is 0 Å². The van der Waals surface area contributed by atoms with Crippen molar-refractivity contribution in [2.45, 2.75) is 44.9 Å². The Kier molecular flexibility index (Phi) is 7.63. The van der Waals surface area contributed by atoms with Gasteiger partial charge in [-0.05, 0) is 50.4 Å². The number of nitrogens with zero attached hydrogens (tertiary/aromatic N) is 4. The number of piperidine rings is 1. The minimum Gasteiger partial charge on any atom is -0.373 e. The minimum atomic E-state index is 0.276. The molecule has 3 heterocycles. The van der Waals surface area contributed by atoms with Crippen LogP contribution in [-0.4, -0.2) is 92.3 Å². The van der Waals surface area contributed by atoms with E-state index in [9.17, 15) is 0 Å². The molecule has 166 valence electrons. The summed E-state index contributed by atoms with van der Waals surface area (Å²) in [4.78, 5) is 12.2. The third-order valence-corrected chi connectivity index (χ3v) is 6.95. The minimum absolute atomic E-state index is 0.276. The molecule has 1 aromatic rings. The first-order chi connectivity index (χ1) is 14.8. The van der Waals surface area contributed by atoms with Crippen molar-refractivity contribution in [3.63, 3.8) is 0 Å². The predicted octanol–water partition coefficient (Wildman–Crippen LogP) is 2.27. The summed E-state index contributed by atoms with van der Waals surface area (Å²) in [5, 5.41) is 3.69. The third kappa shape index (κ3) is 5.34. The quantitative estimate of drug-likeness (QED) is 0.573. The number of ether oxygens (including phenoxy) is 1. The first-order valence-corrected chi connectivity index (χ1v) is 11.8. The van der Waals surface area contributed by atoms with Crippen LogP contribution in [0, 0.1) is 5.92 Å². The van der Waals surface area contributed by atoms with Gasteiger partial charge in [0.25, 0.3) is 0 Å². The number of hydrogen-bond donors (Lipinski definition) is 1. The highest BCUT2D eigenvalue weighted by Gasteiger charge is 2.41. The molecule has 6 nitrogen and oxygen atoms in total. The molecule has 2 unspecified atom stereocenters. The second-order valence-corrected chi connectivity index (χ2v) is 9.05. The van der Waals surface area contributed by atoms with Gasteiger partial charge in [-0.15, -0.1) is 0 Å². The molecule has 2 atom stereocenters. The van der Waals surface area contributed by atoms with Crippen LogP contribution in [0.25, 0.3) is 0 Å². The lowest BCUT2D eigenvalue weighted by Gasteiger charge is -2.36. The molecule has 3 aliphatic heterocycles. The van der Waals surface area contributed by atoms with Crippen LogP contribution in [0.4, 0.5) is 0 Å². The van der Waals surface area contributed by atoms with Crippen molar-refractivity contribution in [1.29, 1.82) is 0 Å². The number of rotatable bonds is 6. The first kappa shape index (κ1) is 21.6. The average Bonchev–Trinajstić information content (AvgIpc) is 3.21. The molecular formula is C24H39N5O. The largest absolute Gasteiger partial charge is 0.373 e. The molecule has 0 spiro atoms. The first-order valence-electron chi connectivity index (χ1n) is 11.8. The van der Waals surface area contributed by atoms with E-state index in [-0.39, 0.29) is 6.10 Å². The van der Waals surface area contributed by atoms with Crippen LogP contribution in [0.3, 0.4) is 0 Å². The fourth-order valence-corrected chi connectivity index (χ4v) is 5.24. The lowest BCUT2D eigenvalue weighted by Crippen LogP contribution is -2.50. The molecule has 0 aliphatic carbocycles. The van der Waals surface area contributed by atoms with E-state index in [0.717, 1.165) is 51.2 Å². The van der Waals surface area contributed by atoms with Crippen LogP contribution < -0.4 is 5.32 Å². The maximum atomic E-state index is 6.15. The average molecular weight is 414 g/mol. The van der Waals surface area contributed by atoms with E-state index in [2.05, 4.69) is 62.3 Å². The van der Waals surface area contributed by atoms with Crippen LogP contribution in [-0.2, 0) is 11.3 Å². The van der Waals surface area contributed by atoms with Crippen molar-refractivity contribution in [3.8, 4) is 0 Å².